The number of amides is 1. The molecule has 0 fully saturated rings. The zero-order valence-corrected chi connectivity index (χ0v) is 13.1. The van der Waals surface area contributed by atoms with Crippen LogP contribution in [0.1, 0.15) is 10.4 Å². The molecule has 1 atom stereocenters. The minimum absolute atomic E-state index is 0.144. The highest BCUT2D eigenvalue weighted by atomic mass is 35.5. The van der Waals surface area contributed by atoms with Gasteiger partial charge in [-0.15, -0.1) is 0 Å². The van der Waals surface area contributed by atoms with Crippen molar-refractivity contribution in [2.24, 2.45) is 0 Å². The van der Waals surface area contributed by atoms with Crippen LogP contribution in [0.2, 0.25) is 5.02 Å². The molecule has 0 saturated carbocycles. The van der Waals surface area contributed by atoms with Crippen LogP contribution in [0.4, 0.5) is 0 Å². The third-order valence-corrected chi connectivity index (χ3v) is 2.90. The van der Waals surface area contributed by atoms with Crippen LogP contribution in [0.5, 0.6) is 5.75 Å². The number of carboxylic acids is 1. The van der Waals surface area contributed by atoms with Crippen LogP contribution in [-0.2, 0) is 14.3 Å². The van der Waals surface area contributed by atoms with Crippen LogP contribution in [0.3, 0.4) is 0 Å². The van der Waals surface area contributed by atoms with Gasteiger partial charge >= 0.3 is 5.97 Å². The summed E-state index contributed by atoms with van der Waals surface area (Å²) >= 11 is 5.88. The van der Waals surface area contributed by atoms with E-state index in [4.69, 9.17) is 30.9 Å². The molecule has 0 aliphatic heterocycles. The number of ether oxygens (including phenoxy) is 3. The van der Waals surface area contributed by atoms with E-state index in [1.165, 1.54) is 20.3 Å². The monoisotopic (exact) mass is 331 g/mol. The topological polar surface area (TPSA) is 94.1 Å². The molecule has 7 nitrogen and oxygen atoms in total. The summed E-state index contributed by atoms with van der Waals surface area (Å²) in [7, 11) is 2.88. The van der Waals surface area contributed by atoms with Gasteiger partial charge in [0.2, 0.25) is 0 Å². The minimum atomic E-state index is -1.20. The highest BCUT2D eigenvalue weighted by molar-refractivity contribution is 6.31. The number of rotatable bonds is 9. The van der Waals surface area contributed by atoms with E-state index in [1.54, 1.807) is 12.1 Å². The average molecular weight is 332 g/mol. The van der Waals surface area contributed by atoms with E-state index in [2.05, 4.69) is 5.32 Å². The molecule has 0 saturated heterocycles. The van der Waals surface area contributed by atoms with Gasteiger partial charge in [0.05, 0.1) is 18.8 Å². The van der Waals surface area contributed by atoms with Crippen molar-refractivity contribution in [3.8, 4) is 5.75 Å². The normalized spacial score (nSPS) is 11.8. The molecule has 1 amide bonds. The second-order valence-electron chi connectivity index (χ2n) is 4.30. The summed E-state index contributed by atoms with van der Waals surface area (Å²) in [6.45, 7) is 0.450. The fourth-order valence-corrected chi connectivity index (χ4v) is 1.79. The van der Waals surface area contributed by atoms with E-state index in [0.717, 1.165) is 0 Å². The van der Waals surface area contributed by atoms with Crippen molar-refractivity contribution in [2.45, 2.75) is 6.04 Å². The van der Waals surface area contributed by atoms with Crippen molar-refractivity contribution in [3.05, 3.63) is 28.8 Å². The predicted octanol–water partition coefficient (Wildman–Crippen LogP) is 1.19. The quantitative estimate of drug-likeness (QED) is 0.660. The molecule has 1 aromatic carbocycles. The number of carbonyl (C=O) groups is 2. The molecule has 0 aromatic heterocycles. The van der Waals surface area contributed by atoms with Crippen LogP contribution in [0, 0.1) is 0 Å². The Labute approximate surface area is 133 Å². The molecule has 8 heteroatoms. The van der Waals surface area contributed by atoms with Gasteiger partial charge in [0, 0.05) is 19.2 Å². The maximum atomic E-state index is 12.2. The van der Waals surface area contributed by atoms with E-state index < -0.39 is 17.9 Å². The second kappa shape index (κ2) is 9.24. The van der Waals surface area contributed by atoms with Gasteiger partial charge in [-0.05, 0) is 18.2 Å². The summed E-state index contributed by atoms with van der Waals surface area (Å²) in [6.07, 6.45) is 0. The minimum Gasteiger partial charge on any atom is -0.490 e. The number of benzene rings is 1. The number of halogens is 1. The lowest BCUT2D eigenvalue weighted by Gasteiger charge is -2.16. The number of aliphatic carboxylic acids is 1. The Balaban J connectivity index is 2.90. The summed E-state index contributed by atoms with van der Waals surface area (Å²) < 4.78 is 15.1. The largest absolute Gasteiger partial charge is 0.490 e. The number of hydrogen-bond donors (Lipinski definition) is 2. The molecule has 122 valence electrons. The van der Waals surface area contributed by atoms with Crippen molar-refractivity contribution in [1.82, 2.24) is 5.32 Å². The van der Waals surface area contributed by atoms with Crippen molar-refractivity contribution in [3.63, 3.8) is 0 Å². The lowest BCUT2D eigenvalue weighted by molar-refractivity contribution is -0.140. The third kappa shape index (κ3) is 5.51. The van der Waals surface area contributed by atoms with Crippen molar-refractivity contribution >= 4 is 23.5 Å². The first kappa shape index (κ1) is 18.2. The van der Waals surface area contributed by atoms with Gasteiger partial charge < -0.3 is 24.6 Å². The highest BCUT2D eigenvalue weighted by Gasteiger charge is 2.22. The first-order valence-corrected chi connectivity index (χ1v) is 6.81. The number of methoxy groups -OCH3 is 2. The van der Waals surface area contributed by atoms with Crippen LogP contribution < -0.4 is 10.1 Å². The summed E-state index contributed by atoms with van der Waals surface area (Å²) in [4.78, 5) is 23.3. The molecule has 0 bridgehead atoms. The van der Waals surface area contributed by atoms with E-state index >= 15 is 0 Å². The number of carboxylic acid groups (broad SMARTS) is 1. The summed E-state index contributed by atoms with van der Waals surface area (Å²) in [5.41, 5.74) is 0.144. The predicted molar refractivity (Wildman–Crippen MR) is 79.6 cm³/mol. The van der Waals surface area contributed by atoms with Crippen LogP contribution in [0.25, 0.3) is 0 Å². The molecule has 2 N–H and O–H groups in total. The Hall–Kier alpha value is -1.83. The van der Waals surface area contributed by atoms with Gasteiger partial charge in [0.15, 0.2) is 6.04 Å². The van der Waals surface area contributed by atoms with Gasteiger partial charge in [-0.25, -0.2) is 4.79 Å². The zero-order chi connectivity index (χ0) is 16.5. The fraction of sp³-hybridized carbons (Fsp3) is 0.429. The van der Waals surface area contributed by atoms with E-state index in [9.17, 15) is 9.59 Å². The number of carbonyl (C=O) groups excluding carboxylic acids is 1. The maximum absolute atomic E-state index is 12.2. The summed E-state index contributed by atoms with van der Waals surface area (Å²) in [5, 5.41) is 11.7. The van der Waals surface area contributed by atoms with Crippen molar-refractivity contribution in [1.29, 1.82) is 0 Å². The van der Waals surface area contributed by atoms with Crippen molar-refractivity contribution < 1.29 is 28.9 Å². The Morgan fingerprint density at radius 3 is 2.59 bits per heavy atom. The molecular weight excluding hydrogens is 314 g/mol. The van der Waals surface area contributed by atoms with Gasteiger partial charge in [-0.3, -0.25) is 4.79 Å². The van der Waals surface area contributed by atoms with E-state index in [1.807, 2.05) is 0 Å². The molecule has 0 spiro atoms. The third-order valence-electron chi connectivity index (χ3n) is 2.67. The van der Waals surface area contributed by atoms with Gasteiger partial charge in [0.1, 0.15) is 12.4 Å². The second-order valence-corrected chi connectivity index (χ2v) is 4.74. The van der Waals surface area contributed by atoms with E-state index in [-0.39, 0.29) is 18.8 Å². The number of hydrogen-bond acceptors (Lipinski definition) is 5. The summed E-state index contributed by atoms with van der Waals surface area (Å²) in [5.74, 6) is -1.51. The fourth-order valence-electron chi connectivity index (χ4n) is 1.62. The smallest absolute Gasteiger partial charge is 0.328 e. The zero-order valence-electron chi connectivity index (χ0n) is 12.3. The molecule has 1 unspecified atom stereocenters. The van der Waals surface area contributed by atoms with Crippen LogP contribution in [0.15, 0.2) is 18.2 Å². The van der Waals surface area contributed by atoms with Crippen molar-refractivity contribution in [2.75, 3.05) is 34.0 Å². The summed E-state index contributed by atoms with van der Waals surface area (Å²) in [6, 6.07) is 3.36. The van der Waals surface area contributed by atoms with E-state index in [0.29, 0.717) is 17.4 Å². The molecule has 22 heavy (non-hydrogen) atoms. The lowest BCUT2D eigenvalue weighted by atomic mass is 10.1. The van der Waals surface area contributed by atoms with Gasteiger partial charge in [0.25, 0.3) is 5.91 Å². The van der Waals surface area contributed by atoms with Gasteiger partial charge in [-0.2, -0.15) is 0 Å². The van der Waals surface area contributed by atoms with Gasteiger partial charge in [-0.1, -0.05) is 11.6 Å². The maximum Gasteiger partial charge on any atom is 0.328 e. The Morgan fingerprint density at radius 1 is 1.27 bits per heavy atom. The highest BCUT2D eigenvalue weighted by Crippen LogP contribution is 2.23. The van der Waals surface area contributed by atoms with Crippen LogP contribution >= 0.6 is 11.6 Å². The SMILES string of the molecule is COCCOc1ccc(Cl)cc1C(=O)NC(COC)C(=O)O. The Kier molecular flexibility index (Phi) is 7.65. The Bertz CT molecular complexity index is 522. The van der Waals surface area contributed by atoms with Crippen LogP contribution in [-0.4, -0.2) is 57.1 Å². The standard InChI is InChI=1S/C14H18ClNO6/c1-20-5-6-22-12-4-3-9(15)7-10(12)13(17)16-11(8-21-2)14(18)19/h3-4,7,11H,5-6,8H2,1-2H3,(H,16,17)(H,18,19). The molecule has 0 heterocycles. The molecular formula is C14H18ClNO6. The molecule has 1 aromatic rings. The first-order chi connectivity index (χ1) is 10.5. The lowest BCUT2D eigenvalue weighted by Crippen LogP contribution is -2.43. The molecule has 1 rings (SSSR count). The Morgan fingerprint density at radius 2 is 2.00 bits per heavy atom. The average Bonchev–Trinajstić information content (AvgIpc) is 2.48. The number of nitrogens with one attached hydrogen (secondary N) is 1. The molecule has 0 radical (unpaired) electrons. The molecule has 0 aliphatic rings. The molecule has 0 aliphatic carbocycles. The first-order valence-electron chi connectivity index (χ1n) is 6.43.